The Morgan fingerprint density at radius 2 is 1.90 bits per heavy atom. The molecule has 0 aliphatic carbocycles. The van der Waals surface area contributed by atoms with Crippen LogP contribution in [-0.4, -0.2) is 59.9 Å². The van der Waals surface area contributed by atoms with Crippen molar-refractivity contribution in [2.24, 2.45) is 0 Å². The van der Waals surface area contributed by atoms with Crippen molar-refractivity contribution in [3.63, 3.8) is 0 Å². The van der Waals surface area contributed by atoms with E-state index in [1.807, 2.05) is 0 Å². The van der Waals surface area contributed by atoms with Crippen LogP contribution >= 0.6 is 11.3 Å². The van der Waals surface area contributed by atoms with Crippen LogP contribution in [0.3, 0.4) is 0 Å². The molecule has 0 aromatic carbocycles. The summed E-state index contributed by atoms with van der Waals surface area (Å²) in [5.74, 6) is -3.75. The van der Waals surface area contributed by atoms with Crippen LogP contribution in [0.25, 0.3) is 11.0 Å². The van der Waals surface area contributed by atoms with E-state index in [-0.39, 0.29) is 33.0 Å². The van der Waals surface area contributed by atoms with Gasteiger partial charge in [-0.05, 0) is 31.9 Å². The van der Waals surface area contributed by atoms with Gasteiger partial charge in [0.05, 0.1) is 20.7 Å². The molecule has 5 N–H and O–H groups in total. The number of carboxylic acid groups (broad SMARTS) is 2. The number of ketones is 1. The van der Waals surface area contributed by atoms with Gasteiger partial charge in [0.2, 0.25) is 11.7 Å². The van der Waals surface area contributed by atoms with Gasteiger partial charge in [0, 0.05) is 12.6 Å². The molecule has 12 heteroatoms. The number of rotatable bonds is 8. The molecule has 0 saturated carbocycles. The van der Waals surface area contributed by atoms with Gasteiger partial charge in [-0.15, -0.1) is 11.3 Å². The quantitative estimate of drug-likeness (QED) is 0.321. The zero-order valence-corrected chi connectivity index (χ0v) is 17.2. The lowest BCUT2D eigenvalue weighted by molar-refractivity contribution is -0.140. The number of aromatic nitrogens is 3. The Morgan fingerprint density at radius 3 is 2.55 bits per heavy atom. The van der Waals surface area contributed by atoms with E-state index in [4.69, 9.17) is 5.11 Å². The number of nitrogens with zero attached hydrogens (tertiary/aromatic N) is 2. The van der Waals surface area contributed by atoms with E-state index >= 15 is 0 Å². The molecule has 0 unspecified atom stereocenters. The second kappa shape index (κ2) is 8.52. The second-order valence-corrected chi connectivity index (χ2v) is 7.82. The van der Waals surface area contributed by atoms with E-state index in [0.717, 1.165) is 11.3 Å². The number of carbonyl (C=O) groups excluding carboxylic acids is 2. The normalized spacial score (nSPS) is 11.9. The number of thiophene rings is 1. The highest BCUT2D eigenvalue weighted by molar-refractivity contribution is 7.16. The standard InChI is InChI=1S/C19H18N4O7S/c1-7-5-11(14(26)9-6-20-16-13(9)17(27)22-8(2)21-16)31-15(7)18(28)23-10(19(29)30)3-4-12(24)25/h5-6,10H,3-4H2,1-2H3,(H,23,28)(H,24,25)(H,29,30)(H2,20,21,22,27)/t10-/m0/s1. The van der Waals surface area contributed by atoms with Crippen LogP contribution in [0.15, 0.2) is 12.3 Å². The summed E-state index contributed by atoms with van der Waals surface area (Å²) >= 11 is 0.862. The fourth-order valence-corrected chi connectivity index (χ4v) is 4.03. The zero-order valence-electron chi connectivity index (χ0n) is 16.4. The Kier molecular flexibility index (Phi) is 6.02. The van der Waals surface area contributed by atoms with Crippen LogP contribution in [0.2, 0.25) is 0 Å². The van der Waals surface area contributed by atoms with Crippen molar-refractivity contribution >= 4 is 46.0 Å². The summed E-state index contributed by atoms with van der Waals surface area (Å²) in [6.07, 6.45) is 0.693. The number of H-pyrrole nitrogens is 1. The van der Waals surface area contributed by atoms with Crippen molar-refractivity contribution in [2.45, 2.75) is 32.7 Å². The van der Waals surface area contributed by atoms with E-state index in [1.165, 1.54) is 12.3 Å². The maximum absolute atomic E-state index is 13.0. The van der Waals surface area contributed by atoms with E-state index in [0.29, 0.717) is 17.0 Å². The maximum atomic E-state index is 13.0. The van der Waals surface area contributed by atoms with E-state index in [2.05, 4.69) is 20.3 Å². The lowest BCUT2D eigenvalue weighted by Gasteiger charge is -2.13. The molecule has 11 nitrogen and oxygen atoms in total. The van der Waals surface area contributed by atoms with Gasteiger partial charge in [-0.3, -0.25) is 14.4 Å². The third kappa shape index (κ3) is 4.53. The first-order chi connectivity index (χ1) is 14.6. The van der Waals surface area contributed by atoms with E-state index in [9.17, 15) is 29.4 Å². The number of carboxylic acids is 2. The Bertz CT molecular complexity index is 1210. The van der Waals surface area contributed by atoms with Crippen LogP contribution in [0.1, 0.15) is 49.1 Å². The molecule has 162 valence electrons. The van der Waals surface area contributed by atoms with Crippen molar-refractivity contribution in [1.82, 2.24) is 20.3 Å². The molecule has 0 fully saturated rings. The van der Waals surface area contributed by atoms with Gasteiger partial charge in [-0.1, -0.05) is 0 Å². The van der Waals surface area contributed by atoms with Gasteiger partial charge in [-0.25, -0.2) is 9.78 Å². The van der Waals surface area contributed by atoms with E-state index in [1.54, 1.807) is 13.8 Å². The number of aromatic amines is 1. The van der Waals surface area contributed by atoms with Gasteiger partial charge < -0.3 is 25.6 Å². The first-order valence-electron chi connectivity index (χ1n) is 9.03. The van der Waals surface area contributed by atoms with Crippen molar-refractivity contribution in [1.29, 1.82) is 0 Å². The number of hydrogen-bond acceptors (Lipinski definition) is 8. The summed E-state index contributed by atoms with van der Waals surface area (Å²) in [5, 5.41) is 30.5. The molecule has 0 saturated heterocycles. The van der Waals surface area contributed by atoms with Crippen LogP contribution < -0.4 is 5.32 Å². The summed E-state index contributed by atoms with van der Waals surface area (Å²) in [4.78, 5) is 58.7. The molecule has 3 aromatic rings. The topological polar surface area (TPSA) is 183 Å². The lowest BCUT2D eigenvalue weighted by Crippen LogP contribution is -2.41. The summed E-state index contributed by atoms with van der Waals surface area (Å²) in [5.41, 5.74) is 0.872. The van der Waals surface area contributed by atoms with Gasteiger partial charge >= 0.3 is 11.9 Å². The van der Waals surface area contributed by atoms with E-state index < -0.39 is 36.1 Å². The number of aliphatic carboxylic acids is 2. The maximum Gasteiger partial charge on any atom is 0.326 e. The minimum atomic E-state index is -1.38. The van der Waals surface area contributed by atoms with Crippen LogP contribution in [0.5, 0.6) is 5.88 Å². The monoisotopic (exact) mass is 446 g/mol. The second-order valence-electron chi connectivity index (χ2n) is 6.77. The van der Waals surface area contributed by atoms with Gasteiger partial charge in [0.15, 0.2) is 0 Å². The number of nitrogens with one attached hydrogen (secondary N) is 2. The molecule has 0 aliphatic heterocycles. The Morgan fingerprint density at radius 1 is 1.19 bits per heavy atom. The van der Waals surface area contributed by atoms with Crippen molar-refractivity contribution < 1.29 is 34.5 Å². The molecular formula is C19H18N4O7S. The summed E-state index contributed by atoms with van der Waals surface area (Å²) in [6, 6.07) is 0.107. The highest BCUT2D eigenvalue weighted by Crippen LogP contribution is 2.30. The Balaban J connectivity index is 1.87. The number of hydrogen-bond donors (Lipinski definition) is 5. The van der Waals surface area contributed by atoms with Gasteiger partial charge in [0.1, 0.15) is 17.5 Å². The number of aromatic hydroxyl groups is 1. The van der Waals surface area contributed by atoms with Crippen LogP contribution in [0, 0.1) is 13.8 Å². The zero-order chi connectivity index (χ0) is 22.9. The summed E-state index contributed by atoms with van der Waals surface area (Å²) < 4.78 is 0. The largest absolute Gasteiger partial charge is 0.493 e. The number of amides is 1. The Hall–Kier alpha value is -3.80. The molecule has 1 atom stereocenters. The average Bonchev–Trinajstić information content (AvgIpc) is 3.27. The number of carbonyl (C=O) groups is 4. The van der Waals surface area contributed by atoms with Crippen molar-refractivity contribution in [2.75, 3.05) is 0 Å². The molecule has 0 spiro atoms. The first kappa shape index (κ1) is 21.9. The molecule has 0 bridgehead atoms. The van der Waals surface area contributed by atoms with Gasteiger partial charge in [-0.2, -0.15) is 4.98 Å². The predicted octanol–water partition coefficient (Wildman–Crippen LogP) is 1.62. The Labute approximate surface area is 178 Å². The fraction of sp³-hybridized carbons (Fsp3) is 0.263. The molecule has 0 radical (unpaired) electrons. The summed E-state index contributed by atoms with van der Waals surface area (Å²) in [7, 11) is 0. The highest BCUT2D eigenvalue weighted by atomic mass is 32.1. The predicted molar refractivity (Wildman–Crippen MR) is 109 cm³/mol. The molecule has 3 rings (SSSR count). The first-order valence-corrected chi connectivity index (χ1v) is 9.85. The molecule has 3 heterocycles. The lowest BCUT2D eigenvalue weighted by atomic mass is 10.1. The minimum Gasteiger partial charge on any atom is -0.493 e. The molecule has 1 amide bonds. The molecular weight excluding hydrogens is 428 g/mol. The SMILES string of the molecule is Cc1nc(O)c2c(C(=O)c3cc(C)c(C(=O)N[C@@H](CCC(=O)O)C(=O)O)s3)c[nH]c2n1. The van der Waals surface area contributed by atoms with Crippen LogP contribution in [0.4, 0.5) is 0 Å². The minimum absolute atomic E-state index is 0.126. The molecule has 0 aliphatic rings. The number of fused-ring (bicyclic) bond motifs is 1. The third-order valence-electron chi connectivity index (χ3n) is 4.47. The molecule has 3 aromatic heterocycles. The average molecular weight is 446 g/mol. The van der Waals surface area contributed by atoms with Crippen LogP contribution in [-0.2, 0) is 9.59 Å². The van der Waals surface area contributed by atoms with Crippen molar-refractivity contribution in [3.05, 3.63) is 39.0 Å². The van der Waals surface area contributed by atoms with Crippen molar-refractivity contribution in [3.8, 4) is 5.88 Å². The number of aryl methyl sites for hydroxylation is 2. The third-order valence-corrected chi connectivity index (χ3v) is 5.70. The molecule has 31 heavy (non-hydrogen) atoms. The highest BCUT2D eigenvalue weighted by Gasteiger charge is 2.26. The van der Waals surface area contributed by atoms with Gasteiger partial charge in [0.25, 0.3) is 5.91 Å². The smallest absolute Gasteiger partial charge is 0.326 e. The summed E-state index contributed by atoms with van der Waals surface area (Å²) in [6.45, 7) is 3.18. The fourth-order valence-electron chi connectivity index (χ4n) is 3.00.